The van der Waals surface area contributed by atoms with Crippen LogP contribution in [0.1, 0.15) is 41.3 Å². The van der Waals surface area contributed by atoms with Gasteiger partial charge in [-0.15, -0.1) is 0 Å². The molecule has 1 aliphatic heterocycles. The van der Waals surface area contributed by atoms with Gasteiger partial charge < -0.3 is 9.42 Å². The second-order valence-corrected chi connectivity index (χ2v) is 7.01. The number of hydrogen-bond acceptors (Lipinski definition) is 5. The monoisotopic (exact) mass is 365 g/mol. The SMILES string of the molecule is Cc1cc(C(=O)N2CCCC2CCc2noc(-c3ccccc3)n2)nn1C. The molecule has 1 fully saturated rings. The summed E-state index contributed by atoms with van der Waals surface area (Å²) in [7, 11) is 1.86. The maximum Gasteiger partial charge on any atom is 0.274 e. The highest BCUT2D eigenvalue weighted by molar-refractivity contribution is 5.92. The van der Waals surface area contributed by atoms with E-state index in [1.54, 1.807) is 4.68 Å². The summed E-state index contributed by atoms with van der Waals surface area (Å²) < 4.78 is 7.11. The second kappa shape index (κ2) is 7.34. The van der Waals surface area contributed by atoms with Crippen LogP contribution in [0.5, 0.6) is 0 Å². The first kappa shape index (κ1) is 17.5. The predicted octanol–water partition coefficient (Wildman–Crippen LogP) is 3.02. The smallest absolute Gasteiger partial charge is 0.274 e. The summed E-state index contributed by atoms with van der Waals surface area (Å²) in [6, 6.07) is 11.8. The summed E-state index contributed by atoms with van der Waals surface area (Å²) >= 11 is 0. The van der Waals surface area contributed by atoms with E-state index in [-0.39, 0.29) is 11.9 Å². The lowest BCUT2D eigenvalue weighted by atomic mass is 10.1. The Labute approximate surface area is 158 Å². The first-order valence-electron chi connectivity index (χ1n) is 9.31. The minimum atomic E-state index is 0.0132. The van der Waals surface area contributed by atoms with Crippen molar-refractivity contribution in [2.24, 2.45) is 7.05 Å². The van der Waals surface area contributed by atoms with E-state index in [0.29, 0.717) is 23.8 Å². The Balaban J connectivity index is 1.40. The van der Waals surface area contributed by atoms with Gasteiger partial charge in [-0.05, 0) is 44.4 Å². The summed E-state index contributed by atoms with van der Waals surface area (Å²) in [5.41, 5.74) is 2.42. The highest BCUT2D eigenvalue weighted by atomic mass is 16.5. The molecular weight excluding hydrogens is 342 g/mol. The van der Waals surface area contributed by atoms with E-state index in [1.807, 2.05) is 55.3 Å². The molecule has 0 aliphatic carbocycles. The molecule has 7 heteroatoms. The van der Waals surface area contributed by atoms with Crippen LogP contribution in [0.25, 0.3) is 11.5 Å². The largest absolute Gasteiger partial charge is 0.334 e. The van der Waals surface area contributed by atoms with Crippen molar-refractivity contribution in [3.05, 3.63) is 53.6 Å². The van der Waals surface area contributed by atoms with Crippen LogP contribution in [0, 0.1) is 6.92 Å². The average molecular weight is 365 g/mol. The van der Waals surface area contributed by atoms with Crippen LogP contribution in [0.3, 0.4) is 0 Å². The second-order valence-electron chi connectivity index (χ2n) is 7.01. The molecule has 27 heavy (non-hydrogen) atoms. The van der Waals surface area contributed by atoms with Crippen LogP contribution in [0.15, 0.2) is 40.9 Å². The summed E-state index contributed by atoms with van der Waals surface area (Å²) in [4.78, 5) is 19.3. The number of amides is 1. The first-order chi connectivity index (χ1) is 13.1. The molecule has 0 bridgehead atoms. The van der Waals surface area contributed by atoms with E-state index >= 15 is 0 Å². The molecule has 1 unspecified atom stereocenters. The van der Waals surface area contributed by atoms with E-state index in [4.69, 9.17) is 4.52 Å². The molecule has 3 aromatic rings. The summed E-state index contributed by atoms with van der Waals surface area (Å²) in [6.07, 6.45) is 3.53. The summed E-state index contributed by atoms with van der Waals surface area (Å²) in [6.45, 7) is 2.73. The number of aromatic nitrogens is 4. The third-order valence-corrected chi connectivity index (χ3v) is 5.16. The number of hydrogen-bond donors (Lipinski definition) is 0. The zero-order valence-corrected chi connectivity index (χ0v) is 15.6. The molecule has 0 N–H and O–H groups in total. The number of carbonyl (C=O) groups excluding carboxylic acids is 1. The molecule has 0 spiro atoms. The lowest BCUT2D eigenvalue weighted by Crippen LogP contribution is -2.36. The lowest BCUT2D eigenvalue weighted by molar-refractivity contribution is 0.0723. The van der Waals surface area contributed by atoms with Gasteiger partial charge in [-0.2, -0.15) is 10.1 Å². The number of carbonyl (C=O) groups is 1. The van der Waals surface area contributed by atoms with Crippen molar-refractivity contribution >= 4 is 5.91 Å². The third-order valence-electron chi connectivity index (χ3n) is 5.16. The Kier molecular flexibility index (Phi) is 4.75. The van der Waals surface area contributed by atoms with Crippen LogP contribution >= 0.6 is 0 Å². The minimum Gasteiger partial charge on any atom is -0.334 e. The van der Waals surface area contributed by atoms with Crippen molar-refractivity contribution in [1.29, 1.82) is 0 Å². The topological polar surface area (TPSA) is 77.1 Å². The van der Waals surface area contributed by atoms with Crippen LogP contribution in [0.2, 0.25) is 0 Å². The van der Waals surface area contributed by atoms with E-state index in [9.17, 15) is 4.79 Å². The van der Waals surface area contributed by atoms with Crippen molar-refractivity contribution in [3.8, 4) is 11.5 Å². The van der Waals surface area contributed by atoms with Gasteiger partial charge in [0, 0.05) is 37.3 Å². The quantitative estimate of drug-likeness (QED) is 0.695. The molecule has 0 saturated carbocycles. The van der Waals surface area contributed by atoms with Crippen molar-refractivity contribution in [2.45, 2.75) is 38.6 Å². The fourth-order valence-corrected chi connectivity index (χ4v) is 3.56. The zero-order chi connectivity index (χ0) is 18.8. The van der Waals surface area contributed by atoms with Gasteiger partial charge in [0.25, 0.3) is 11.8 Å². The maximum absolute atomic E-state index is 12.8. The highest BCUT2D eigenvalue weighted by Crippen LogP contribution is 2.24. The van der Waals surface area contributed by atoms with Gasteiger partial charge in [-0.3, -0.25) is 9.48 Å². The van der Waals surface area contributed by atoms with E-state index in [0.717, 1.165) is 37.1 Å². The minimum absolute atomic E-state index is 0.0132. The van der Waals surface area contributed by atoms with Gasteiger partial charge in [-0.1, -0.05) is 23.4 Å². The average Bonchev–Trinajstić information content (AvgIpc) is 3.41. The molecule has 1 aliphatic rings. The van der Waals surface area contributed by atoms with Crippen LogP contribution < -0.4 is 0 Å². The van der Waals surface area contributed by atoms with Gasteiger partial charge in [0.05, 0.1) is 0 Å². The summed E-state index contributed by atoms with van der Waals surface area (Å²) in [5.74, 6) is 1.23. The molecule has 4 rings (SSSR count). The predicted molar refractivity (Wildman–Crippen MR) is 100 cm³/mol. The number of aryl methyl sites for hydroxylation is 3. The normalized spacial score (nSPS) is 16.8. The molecule has 1 amide bonds. The van der Waals surface area contributed by atoms with Gasteiger partial charge >= 0.3 is 0 Å². The fraction of sp³-hybridized carbons (Fsp3) is 0.400. The van der Waals surface area contributed by atoms with Gasteiger partial charge in [0.15, 0.2) is 11.5 Å². The van der Waals surface area contributed by atoms with E-state index in [1.165, 1.54) is 0 Å². The summed E-state index contributed by atoms with van der Waals surface area (Å²) in [5, 5.41) is 8.42. The van der Waals surface area contributed by atoms with Crippen LogP contribution in [0.4, 0.5) is 0 Å². The first-order valence-corrected chi connectivity index (χ1v) is 9.31. The van der Waals surface area contributed by atoms with E-state index < -0.39 is 0 Å². The Morgan fingerprint density at radius 3 is 2.85 bits per heavy atom. The zero-order valence-electron chi connectivity index (χ0n) is 15.6. The van der Waals surface area contributed by atoms with Crippen molar-refractivity contribution in [3.63, 3.8) is 0 Å². The Morgan fingerprint density at radius 1 is 1.30 bits per heavy atom. The van der Waals surface area contributed by atoms with Gasteiger partial charge in [-0.25, -0.2) is 0 Å². The number of nitrogens with zero attached hydrogens (tertiary/aromatic N) is 5. The molecule has 3 heterocycles. The van der Waals surface area contributed by atoms with E-state index in [2.05, 4.69) is 15.2 Å². The molecule has 1 aromatic carbocycles. The molecule has 140 valence electrons. The van der Waals surface area contributed by atoms with Crippen molar-refractivity contribution in [1.82, 2.24) is 24.8 Å². The lowest BCUT2D eigenvalue weighted by Gasteiger charge is -2.23. The van der Waals surface area contributed by atoms with Crippen molar-refractivity contribution in [2.75, 3.05) is 6.54 Å². The van der Waals surface area contributed by atoms with Gasteiger partial charge in [0.1, 0.15) is 0 Å². The van der Waals surface area contributed by atoms with Crippen LogP contribution in [-0.2, 0) is 13.5 Å². The fourth-order valence-electron chi connectivity index (χ4n) is 3.56. The number of likely N-dealkylation sites (tertiary alicyclic amines) is 1. The standard InChI is InChI=1S/C20H23N5O2/c1-14-13-17(22-24(14)2)20(26)25-12-6-9-16(25)10-11-18-21-19(27-23-18)15-7-4-3-5-8-15/h3-5,7-8,13,16H,6,9-12H2,1-2H3. The Hall–Kier alpha value is -2.96. The molecule has 2 aromatic heterocycles. The van der Waals surface area contributed by atoms with Crippen LogP contribution in [-0.4, -0.2) is 43.3 Å². The molecule has 7 nitrogen and oxygen atoms in total. The van der Waals surface area contributed by atoms with Crippen molar-refractivity contribution < 1.29 is 9.32 Å². The molecular formula is C20H23N5O2. The highest BCUT2D eigenvalue weighted by Gasteiger charge is 2.30. The van der Waals surface area contributed by atoms with Gasteiger partial charge in [0.2, 0.25) is 0 Å². The Bertz CT molecular complexity index is 912. The molecule has 1 atom stereocenters. The molecule has 0 radical (unpaired) electrons. The Morgan fingerprint density at radius 2 is 2.11 bits per heavy atom. The molecule has 1 saturated heterocycles. The number of rotatable bonds is 5. The maximum atomic E-state index is 12.8. The number of benzene rings is 1. The third kappa shape index (κ3) is 3.63.